The number of nitrogens with zero attached hydrogens (tertiary/aromatic N) is 1. The molecule has 1 aromatic carbocycles. The molecule has 0 atom stereocenters. The van der Waals surface area contributed by atoms with Gasteiger partial charge in [-0.05, 0) is 18.4 Å². The first-order valence-electron chi connectivity index (χ1n) is 7.02. The van der Waals surface area contributed by atoms with E-state index in [1.54, 1.807) is 6.07 Å². The zero-order valence-corrected chi connectivity index (χ0v) is 11.8. The Labute approximate surface area is 125 Å². The Morgan fingerprint density at radius 2 is 1.77 bits per heavy atom. The Bertz CT molecular complexity index is 884. The van der Waals surface area contributed by atoms with Crippen LogP contribution >= 0.6 is 0 Å². The molecule has 0 bridgehead atoms. The molecule has 6 heteroatoms. The van der Waals surface area contributed by atoms with Crippen molar-refractivity contribution in [3.05, 3.63) is 68.9 Å². The van der Waals surface area contributed by atoms with Crippen molar-refractivity contribution >= 4 is 11.2 Å². The molecule has 0 aliphatic carbocycles. The SMILES string of the molecule is O=c1[nH]c2nccc(OCCCc3ccccc3)c2[nH]c1=O. The maximum atomic E-state index is 11.4. The van der Waals surface area contributed by atoms with Crippen LogP contribution in [0.5, 0.6) is 5.75 Å². The third-order valence-electron chi connectivity index (χ3n) is 3.30. The van der Waals surface area contributed by atoms with Gasteiger partial charge in [0.15, 0.2) is 5.65 Å². The maximum Gasteiger partial charge on any atom is 0.315 e. The second-order valence-corrected chi connectivity index (χ2v) is 4.88. The lowest BCUT2D eigenvalue weighted by Gasteiger charge is -2.08. The van der Waals surface area contributed by atoms with E-state index in [-0.39, 0.29) is 0 Å². The lowest BCUT2D eigenvalue weighted by atomic mass is 10.1. The van der Waals surface area contributed by atoms with Gasteiger partial charge in [0.1, 0.15) is 11.3 Å². The summed E-state index contributed by atoms with van der Waals surface area (Å²) in [4.78, 5) is 31.6. The van der Waals surface area contributed by atoms with Gasteiger partial charge in [-0.25, -0.2) is 4.98 Å². The summed E-state index contributed by atoms with van der Waals surface area (Å²) in [6, 6.07) is 11.8. The van der Waals surface area contributed by atoms with Crippen LogP contribution in [0.4, 0.5) is 0 Å². The Balaban J connectivity index is 1.70. The van der Waals surface area contributed by atoms with Crippen molar-refractivity contribution in [2.45, 2.75) is 12.8 Å². The molecule has 112 valence electrons. The van der Waals surface area contributed by atoms with E-state index in [1.807, 2.05) is 18.2 Å². The van der Waals surface area contributed by atoms with E-state index in [0.717, 1.165) is 12.8 Å². The van der Waals surface area contributed by atoms with Crippen molar-refractivity contribution in [1.82, 2.24) is 15.0 Å². The van der Waals surface area contributed by atoms with E-state index < -0.39 is 11.1 Å². The zero-order chi connectivity index (χ0) is 15.4. The molecule has 3 rings (SSSR count). The van der Waals surface area contributed by atoms with Crippen LogP contribution in [-0.4, -0.2) is 21.6 Å². The van der Waals surface area contributed by atoms with Gasteiger partial charge in [-0.3, -0.25) is 9.59 Å². The highest BCUT2D eigenvalue weighted by molar-refractivity contribution is 5.76. The van der Waals surface area contributed by atoms with Crippen LogP contribution < -0.4 is 15.9 Å². The molecule has 0 saturated heterocycles. The standard InChI is InChI=1S/C16H15N3O3/c20-15-16(21)19-14-13(18-15)12(8-9-17-14)22-10-4-7-11-5-2-1-3-6-11/h1-3,5-6,8-9H,4,7,10H2,(H,18,20)(H,17,19,21). The van der Waals surface area contributed by atoms with Gasteiger partial charge in [0.05, 0.1) is 6.61 Å². The summed E-state index contributed by atoms with van der Waals surface area (Å²) >= 11 is 0. The summed E-state index contributed by atoms with van der Waals surface area (Å²) in [5, 5.41) is 0. The molecule has 0 amide bonds. The van der Waals surface area contributed by atoms with Crippen molar-refractivity contribution in [2.24, 2.45) is 0 Å². The molecule has 22 heavy (non-hydrogen) atoms. The van der Waals surface area contributed by atoms with Crippen molar-refractivity contribution in [3.63, 3.8) is 0 Å². The lowest BCUT2D eigenvalue weighted by molar-refractivity contribution is 0.313. The van der Waals surface area contributed by atoms with Gasteiger partial charge < -0.3 is 14.7 Å². The molecule has 2 heterocycles. The Kier molecular flexibility index (Phi) is 4.00. The third-order valence-corrected chi connectivity index (χ3v) is 3.30. The number of nitrogens with one attached hydrogen (secondary N) is 2. The summed E-state index contributed by atoms with van der Waals surface area (Å²) in [6.07, 6.45) is 3.29. The van der Waals surface area contributed by atoms with Crippen LogP contribution in [0.3, 0.4) is 0 Å². The summed E-state index contributed by atoms with van der Waals surface area (Å²) in [7, 11) is 0. The van der Waals surface area contributed by atoms with Gasteiger partial charge in [0.25, 0.3) is 0 Å². The van der Waals surface area contributed by atoms with E-state index in [2.05, 4.69) is 27.1 Å². The predicted molar refractivity (Wildman–Crippen MR) is 83.2 cm³/mol. The molecule has 0 spiro atoms. The van der Waals surface area contributed by atoms with Crippen LogP contribution in [0.15, 0.2) is 52.2 Å². The number of benzene rings is 1. The van der Waals surface area contributed by atoms with Crippen molar-refractivity contribution < 1.29 is 4.74 Å². The van der Waals surface area contributed by atoms with E-state index in [0.29, 0.717) is 23.5 Å². The van der Waals surface area contributed by atoms with Gasteiger partial charge >= 0.3 is 11.1 Å². The van der Waals surface area contributed by atoms with Crippen LogP contribution in [-0.2, 0) is 6.42 Å². The van der Waals surface area contributed by atoms with Crippen molar-refractivity contribution in [3.8, 4) is 5.75 Å². The number of aromatic nitrogens is 3. The largest absolute Gasteiger partial charge is 0.491 e. The summed E-state index contributed by atoms with van der Waals surface area (Å²) in [5.74, 6) is 0.506. The van der Waals surface area contributed by atoms with E-state index in [9.17, 15) is 9.59 Å². The number of ether oxygens (including phenoxy) is 1. The minimum atomic E-state index is -0.721. The van der Waals surface area contributed by atoms with E-state index in [1.165, 1.54) is 11.8 Å². The number of aromatic amines is 2. The molecule has 0 aliphatic heterocycles. The third kappa shape index (κ3) is 3.06. The monoisotopic (exact) mass is 297 g/mol. The number of fused-ring (bicyclic) bond motifs is 1. The highest BCUT2D eigenvalue weighted by atomic mass is 16.5. The molecule has 0 saturated carbocycles. The minimum Gasteiger partial charge on any atom is -0.491 e. The molecule has 0 fully saturated rings. The van der Waals surface area contributed by atoms with Gasteiger partial charge in [-0.2, -0.15) is 0 Å². The molecule has 3 aromatic rings. The Morgan fingerprint density at radius 1 is 1.00 bits per heavy atom. The van der Waals surface area contributed by atoms with Crippen LogP contribution in [0.25, 0.3) is 11.2 Å². The van der Waals surface area contributed by atoms with Crippen LogP contribution in [0, 0.1) is 0 Å². The van der Waals surface area contributed by atoms with Crippen LogP contribution in [0.1, 0.15) is 12.0 Å². The number of pyridine rings is 1. The first-order valence-corrected chi connectivity index (χ1v) is 7.02. The molecule has 0 unspecified atom stereocenters. The fraction of sp³-hybridized carbons (Fsp3) is 0.188. The topological polar surface area (TPSA) is 87.8 Å². The van der Waals surface area contributed by atoms with E-state index in [4.69, 9.17) is 4.74 Å². The fourth-order valence-electron chi connectivity index (χ4n) is 2.22. The van der Waals surface area contributed by atoms with Gasteiger partial charge in [0.2, 0.25) is 0 Å². The fourth-order valence-corrected chi connectivity index (χ4v) is 2.22. The average Bonchev–Trinajstić information content (AvgIpc) is 2.54. The second kappa shape index (κ2) is 6.26. The van der Waals surface area contributed by atoms with Gasteiger partial charge in [-0.15, -0.1) is 0 Å². The lowest BCUT2D eigenvalue weighted by Crippen LogP contribution is -2.29. The zero-order valence-electron chi connectivity index (χ0n) is 11.8. The number of hydrogen-bond donors (Lipinski definition) is 2. The average molecular weight is 297 g/mol. The first-order chi connectivity index (χ1) is 10.7. The highest BCUT2D eigenvalue weighted by Gasteiger charge is 2.06. The summed E-state index contributed by atoms with van der Waals surface area (Å²) in [6.45, 7) is 0.509. The first kappa shape index (κ1) is 14.1. The highest BCUT2D eigenvalue weighted by Crippen LogP contribution is 2.18. The molecule has 2 N–H and O–H groups in total. The number of rotatable bonds is 5. The Morgan fingerprint density at radius 3 is 2.59 bits per heavy atom. The second-order valence-electron chi connectivity index (χ2n) is 4.88. The number of aryl methyl sites for hydroxylation is 1. The predicted octanol–water partition coefficient (Wildman–Crippen LogP) is 1.62. The molecule has 6 nitrogen and oxygen atoms in total. The van der Waals surface area contributed by atoms with Crippen molar-refractivity contribution in [2.75, 3.05) is 6.61 Å². The normalized spacial score (nSPS) is 10.7. The number of hydrogen-bond acceptors (Lipinski definition) is 4. The van der Waals surface area contributed by atoms with Crippen LogP contribution in [0.2, 0.25) is 0 Å². The summed E-state index contributed by atoms with van der Waals surface area (Å²) < 4.78 is 5.70. The Hall–Kier alpha value is -2.89. The number of H-pyrrole nitrogens is 2. The molecular weight excluding hydrogens is 282 g/mol. The smallest absolute Gasteiger partial charge is 0.315 e. The molecule has 0 aliphatic rings. The van der Waals surface area contributed by atoms with Gasteiger partial charge in [0, 0.05) is 12.3 Å². The minimum absolute atomic E-state index is 0.310. The quantitative estimate of drug-likeness (QED) is 0.553. The molecule has 2 aromatic heterocycles. The molecule has 0 radical (unpaired) electrons. The summed E-state index contributed by atoms with van der Waals surface area (Å²) in [5.41, 5.74) is 0.538. The maximum absolute atomic E-state index is 11.4. The van der Waals surface area contributed by atoms with E-state index >= 15 is 0 Å². The van der Waals surface area contributed by atoms with Crippen molar-refractivity contribution in [1.29, 1.82) is 0 Å². The molecular formula is C16H15N3O3. The van der Waals surface area contributed by atoms with Gasteiger partial charge in [-0.1, -0.05) is 30.3 Å².